The van der Waals surface area contributed by atoms with Crippen LogP contribution in [0.1, 0.15) is 28.8 Å². The smallest absolute Gasteiger partial charge is 0.254 e. The summed E-state index contributed by atoms with van der Waals surface area (Å²) in [5.41, 5.74) is 0.998. The van der Waals surface area contributed by atoms with Gasteiger partial charge in [0, 0.05) is 25.7 Å². The van der Waals surface area contributed by atoms with Crippen LogP contribution in [0.2, 0.25) is 0 Å². The predicted molar refractivity (Wildman–Crippen MR) is 73.9 cm³/mol. The fourth-order valence-corrected chi connectivity index (χ4v) is 2.25. The molecule has 104 valence electrons. The Morgan fingerprint density at radius 3 is 2.40 bits per heavy atom. The van der Waals surface area contributed by atoms with Crippen molar-refractivity contribution in [1.82, 2.24) is 9.80 Å². The van der Waals surface area contributed by atoms with Gasteiger partial charge >= 0.3 is 0 Å². The standard InChI is InChI=1S/C15H17N3O2/c1-17(11-14(19)18-8-2-3-9-18)15(20)13-6-4-12(10-16)5-7-13/h4-7H,2-3,8-9,11H2,1H3. The van der Waals surface area contributed by atoms with Crippen LogP contribution in [-0.2, 0) is 4.79 Å². The molecule has 1 heterocycles. The second-order valence-corrected chi connectivity index (χ2v) is 4.94. The van der Waals surface area contributed by atoms with Crippen molar-refractivity contribution in [2.24, 2.45) is 0 Å². The van der Waals surface area contributed by atoms with Crippen molar-refractivity contribution in [3.05, 3.63) is 35.4 Å². The summed E-state index contributed by atoms with van der Waals surface area (Å²) in [6.45, 7) is 1.67. The fourth-order valence-electron chi connectivity index (χ4n) is 2.25. The quantitative estimate of drug-likeness (QED) is 0.831. The first-order valence-corrected chi connectivity index (χ1v) is 6.65. The molecular formula is C15H17N3O2. The number of carbonyl (C=O) groups excluding carboxylic acids is 2. The van der Waals surface area contributed by atoms with E-state index in [-0.39, 0.29) is 18.4 Å². The third-order valence-corrected chi connectivity index (χ3v) is 3.44. The van der Waals surface area contributed by atoms with Crippen molar-refractivity contribution in [2.45, 2.75) is 12.8 Å². The van der Waals surface area contributed by atoms with Crippen molar-refractivity contribution in [3.63, 3.8) is 0 Å². The van der Waals surface area contributed by atoms with E-state index in [1.807, 2.05) is 6.07 Å². The molecule has 0 saturated carbocycles. The summed E-state index contributed by atoms with van der Waals surface area (Å²) in [5.74, 6) is -0.214. The van der Waals surface area contributed by atoms with E-state index in [0.717, 1.165) is 25.9 Å². The van der Waals surface area contributed by atoms with E-state index < -0.39 is 0 Å². The minimum absolute atomic E-state index is 0.00741. The number of amides is 2. The molecule has 0 aliphatic carbocycles. The molecule has 1 aliphatic rings. The molecule has 2 amide bonds. The van der Waals surface area contributed by atoms with Crippen molar-refractivity contribution in [1.29, 1.82) is 5.26 Å². The molecular weight excluding hydrogens is 254 g/mol. The first kappa shape index (κ1) is 14.1. The lowest BCUT2D eigenvalue weighted by atomic mass is 10.1. The van der Waals surface area contributed by atoms with Gasteiger partial charge in [0.1, 0.15) is 0 Å². The molecule has 0 atom stereocenters. The first-order valence-electron chi connectivity index (χ1n) is 6.65. The van der Waals surface area contributed by atoms with E-state index in [1.54, 1.807) is 36.2 Å². The second-order valence-electron chi connectivity index (χ2n) is 4.94. The molecule has 0 aromatic heterocycles. The molecule has 5 nitrogen and oxygen atoms in total. The monoisotopic (exact) mass is 271 g/mol. The van der Waals surface area contributed by atoms with E-state index in [0.29, 0.717) is 11.1 Å². The molecule has 1 aliphatic heterocycles. The highest BCUT2D eigenvalue weighted by molar-refractivity contribution is 5.96. The van der Waals surface area contributed by atoms with E-state index in [2.05, 4.69) is 0 Å². The van der Waals surface area contributed by atoms with Crippen LogP contribution in [0.5, 0.6) is 0 Å². The largest absolute Gasteiger partial charge is 0.341 e. The molecule has 1 aromatic carbocycles. The van der Waals surface area contributed by atoms with Gasteiger partial charge in [0.25, 0.3) is 5.91 Å². The molecule has 0 unspecified atom stereocenters. The van der Waals surface area contributed by atoms with Gasteiger partial charge in [-0.1, -0.05) is 0 Å². The molecule has 1 fully saturated rings. The molecule has 5 heteroatoms. The zero-order valence-electron chi connectivity index (χ0n) is 11.5. The molecule has 1 aromatic rings. The summed E-state index contributed by atoms with van der Waals surface area (Å²) < 4.78 is 0. The number of likely N-dealkylation sites (tertiary alicyclic amines) is 1. The summed E-state index contributed by atoms with van der Waals surface area (Å²) in [6, 6.07) is 8.42. The van der Waals surface area contributed by atoms with E-state index >= 15 is 0 Å². The molecule has 20 heavy (non-hydrogen) atoms. The van der Waals surface area contributed by atoms with Gasteiger partial charge in [-0.3, -0.25) is 9.59 Å². The van der Waals surface area contributed by atoms with Gasteiger partial charge in [-0.2, -0.15) is 5.26 Å². The van der Waals surface area contributed by atoms with Crippen molar-refractivity contribution < 1.29 is 9.59 Å². The topological polar surface area (TPSA) is 64.4 Å². The van der Waals surface area contributed by atoms with Gasteiger partial charge in [-0.05, 0) is 37.1 Å². The number of benzene rings is 1. The Hall–Kier alpha value is -2.35. The normalized spacial score (nSPS) is 13.9. The molecule has 1 saturated heterocycles. The Labute approximate surface area is 118 Å². The minimum atomic E-state index is -0.206. The summed E-state index contributed by atoms with van der Waals surface area (Å²) in [5, 5.41) is 8.72. The zero-order valence-corrected chi connectivity index (χ0v) is 11.5. The van der Waals surface area contributed by atoms with E-state index in [1.165, 1.54) is 4.90 Å². The van der Waals surface area contributed by atoms with Crippen LogP contribution in [0.4, 0.5) is 0 Å². The number of likely N-dealkylation sites (N-methyl/N-ethyl adjacent to an activating group) is 1. The first-order chi connectivity index (χ1) is 9.61. The minimum Gasteiger partial charge on any atom is -0.341 e. The maximum atomic E-state index is 12.2. The van der Waals surface area contributed by atoms with Gasteiger partial charge in [0.2, 0.25) is 5.91 Å². The maximum absolute atomic E-state index is 12.2. The summed E-state index contributed by atoms with van der Waals surface area (Å²) in [7, 11) is 1.62. The highest BCUT2D eigenvalue weighted by Crippen LogP contribution is 2.10. The van der Waals surface area contributed by atoms with Crippen LogP contribution in [0.15, 0.2) is 24.3 Å². The molecule has 2 rings (SSSR count). The highest BCUT2D eigenvalue weighted by atomic mass is 16.2. The van der Waals surface area contributed by atoms with Crippen LogP contribution in [-0.4, -0.2) is 48.3 Å². The molecule has 0 bridgehead atoms. The third-order valence-electron chi connectivity index (χ3n) is 3.44. The predicted octanol–water partition coefficient (Wildman–Crippen LogP) is 1.25. The summed E-state index contributed by atoms with van der Waals surface area (Å²) >= 11 is 0. The Bertz CT molecular complexity index is 539. The van der Waals surface area contributed by atoms with Crippen LogP contribution < -0.4 is 0 Å². The van der Waals surface area contributed by atoms with Gasteiger partial charge < -0.3 is 9.80 Å². The molecule has 0 radical (unpaired) electrons. The lowest BCUT2D eigenvalue weighted by Gasteiger charge is -2.21. The maximum Gasteiger partial charge on any atom is 0.254 e. The average molecular weight is 271 g/mol. The van der Waals surface area contributed by atoms with Gasteiger partial charge in [0.05, 0.1) is 18.2 Å². The third kappa shape index (κ3) is 3.15. The second kappa shape index (κ2) is 6.20. The average Bonchev–Trinajstić information content (AvgIpc) is 3.01. The Balaban J connectivity index is 1.97. The Morgan fingerprint density at radius 1 is 1.25 bits per heavy atom. The lowest BCUT2D eigenvalue weighted by molar-refractivity contribution is -0.130. The van der Waals surface area contributed by atoms with Crippen LogP contribution >= 0.6 is 0 Å². The Morgan fingerprint density at radius 2 is 1.85 bits per heavy atom. The van der Waals surface area contributed by atoms with E-state index in [4.69, 9.17) is 5.26 Å². The SMILES string of the molecule is CN(CC(=O)N1CCCC1)C(=O)c1ccc(C#N)cc1. The Kier molecular flexibility index (Phi) is 4.36. The number of hydrogen-bond acceptors (Lipinski definition) is 3. The summed E-state index contributed by atoms with van der Waals surface area (Å²) in [4.78, 5) is 27.4. The van der Waals surface area contributed by atoms with Crippen LogP contribution in [0.25, 0.3) is 0 Å². The van der Waals surface area contributed by atoms with Crippen molar-refractivity contribution in [2.75, 3.05) is 26.7 Å². The lowest BCUT2D eigenvalue weighted by Crippen LogP contribution is -2.39. The summed E-state index contributed by atoms with van der Waals surface area (Å²) in [6.07, 6.45) is 2.08. The van der Waals surface area contributed by atoms with Crippen LogP contribution in [0.3, 0.4) is 0 Å². The molecule has 0 N–H and O–H groups in total. The number of rotatable bonds is 3. The van der Waals surface area contributed by atoms with Crippen LogP contribution in [0, 0.1) is 11.3 Å². The highest BCUT2D eigenvalue weighted by Gasteiger charge is 2.21. The molecule has 0 spiro atoms. The fraction of sp³-hybridized carbons (Fsp3) is 0.400. The zero-order chi connectivity index (χ0) is 14.5. The number of carbonyl (C=O) groups is 2. The van der Waals surface area contributed by atoms with E-state index in [9.17, 15) is 9.59 Å². The van der Waals surface area contributed by atoms with Crippen molar-refractivity contribution >= 4 is 11.8 Å². The number of hydrogen-bond donors (Lipinski definition) is 0. The van der Waals surface area contributed by atoms with Gasteiger partial charge in [0.15, 0.2) is 0 Å². The van der Waals surface area contributed by atoms with Crippen molar-refractivity contribution in [3.8, 4) is 6.07 Å². The van der Waals surface area contributed by atoms with Gasteiger partial charge in [-0.15, -0.1) is 0 Å². The van der Waals surface area contributed by atoms with Gasteiger partial charge in [-0.25, -0.2) is 0 Å². The number of nitriles is 1. The number of nitrogens with zero attached hydrogens (tertiary/aromatic N) is 3.